The zero-order valence-electron chi connectivity index (χ0n) is 11.3. The van der Waals surface area contributed by atoms with Gasteiger partial charge in [0.05, 0.1) is 10.6 Å². The second kappa shape index (κ2) is 6.05. The van der Waals surface area contributed by atoms with Gasteiger partial charge in [0.15, 0.2) is 0 Å². The van der Waals surface area contributed by atoms with Gasteiger partial charge in [0.25, 0.3) is 0 Å². The average molecular weight is 296 g/mol. The lowest BCUT2D eigenvalue weighted by Crippen LogP contribution is -2.05. The number of nitrogens with zero attached hydrogens (tertiary/aromatic N) is 2. The lowest BCUT2D eigenvalue weighted by atomic mass is 10.3. The van der Waals surface area contributed by atoms with Crippen LogP contribution in [0.25, 0.3) is 0 Å². The number of anilines is 1. The topological polar surface area (TPSA) is 61.0 Å². The summed E-state index contributed by atoms with van der Waals surface area (Å²) in [5.41, 5.74) is 6.47. The Kier molecular flexibility index (Phi) is 4.39. The monoisotopic (exact) mass is 295 g/mol. The van der Waals surface area contributed by atoms with E-state index in [0.717, 1.165) is 6.42 Å². The van der Waals surface area contributed by atoms with E-state index in [-0.39, 0.29) is 5.02 Å². The summed E-state index contributed by atoms with van der Waals surface area (Å²) in [4.78, 5) is 8.51. The first kappa shape index (κ1) is 14.5. The molecule has 0 fully saturated rings. The van der Waals surface area contributed by atoms with Crippen LogP contribution < -0.4 is 10.5 Å². The molecule has 2 aromatic rings. The number of nitrogen functional groups attached to an aromatic ring is 1. The Hall–Kier alpha value is -1.88. The minimum absolute atomic E-state index is 0.179. The van der Waals surface area contributed by atoms with Crippen LogP contribution in [0.5, 0.6) is 11.6 Å². The molecule has 0 aliphatic rings. The van der Waals surface area contributed by atoms with Gasteiger partial charge >= 0.3 is 0 Å². The number of hydrogen-bond donors (Lipinski definition) is 1. The van der Waals surface area contributed by atoms with Crippen molar-refractivity contribution in [3.63, 3.8) is 0 Å². The van der Waals surface area contributed by atoms with E-state index in [2.05, 4.69) is 9.97 Å². The first-order valence-corrected chi connectivity index (χ1v) is 6.65. The van der Waals surface area contributed by atoms with Crippen molar-refractivity contribution in [2.24, 2.45) is 0 Å². The van der Waals surface area contributed by atoms with Crippen LogP contribution in [-0.2, 0) is 6.42 Å². The third kappa shape index (κ3) is 3.17. The van der Waals surface area contributed by atoms with Crippen molar-refractivity contribution in [3.05, 3.63) is 40.4 Å². The third-order valence-corrected chi connectivity index (χ3v) is 3.05. The van der Waals surface area contributed by atoms with Crippen LogP contribution in [0.3, 0.4) is 0 Å². The van der Waals surface area contributed by atoms with E-state index in [9.17, 15) is 4.39 Å². The average Bonchev–Trinajstić information content (AvgIpc) is 2.39. The third-order valence-electron chi connectivity index (χ3n) is 2.76. The number of nitrogens with two attached hydrogens (primary N) is 1. The van der Waals surface area contributed by atoms with Gasteiger partial charge in [-0.25, -0.2) is 9.37 Å². The lowest BCUT2D eigenvalue weighted by Gasteiger charge is -2.11. The van der Waals surface area contributed by atoms with Crippen molar-refractivity contribution in [3.8, 4) is 11.6 Å². The first-order valence-electron chi connectivity index (χ1n) is 6.27. The molecule has 20 heavy (non-hydrogen) atoms. The van der Waals surface area contributed by atoms with E-state index >= 15 is 0 Å². The number of hydrogen-bond acceptors (Lipinski definition) is 4. The van der Waals surface area contributed by atoms with Crippen molar-refractivity contribution in [1.29, 1.82) is 0 Å². The SMILES string of the molecule is CCCc1nc(N)c(C)c(Oc2ccc(F)cc2Cl)n1. The van der Waals surface area contributed by atoms with E-state index in [4.69, 9.17) is 22.1 Å². The molecule has 1 aromatic heterocycles. The zero-order valence-corrected chi connectivity index (χ0v) is 12.0. The van der Waals surface area contributed by atoms with Gasteiger partial charge in [-0.1, -0.05) is 18.5 Å². The highest BCUT2D eigenvalue weighted by Crippen LogP contribution is 2.31. The van der Waals surface area contributed by atoms with Gasteiger partial charge in [-0.2, -0.15) is 4.98 Å². The number of ether oxygens (including phenoxy) is 1. The molecule has 0 atom stereocenters. The predicted octanol–water partition coefficient (Wildman–Crippen LogP) is 3.90. The van der Waals surface area contributed by atoms with Crippen LogP contribution in [0.1, 0.15) is 24.7 Å². The molecule has 0 radical (unpaired) electrons. The Bertz CT molecular complexity index is 634. The highest BCUT2D eigenvalue weighted by atomic mass is 35.5. The maximum atomic E-state index is 13.0. The molecule has 0 aliphatic carbocycles. The highest BCUT2D eigenvalue weighted by Gasteiger charge is 2.12. The fourth-order valence-electron chi connectivity index (χ4n) is 1.66. The first-order chi connectivity index (χ1) is 9.51. The molecule has 0 saturated heterocycles. The fourth-order valence-corrected chi connectivity index (χ4v) is 1.86. The Morgan fingerprint density at radius 2 is 2.10 bits per heavy atom. The van der Waals surface area contributed by atoms with Gasteiger partial charge in [-0.3, -0.25) is 0 Å². The molecular formula is C14H15ClFN3O. The van der Waals surface area contributed by atoms with Gasteiger partial charge in [0.1, 0.15) is 23.2 Å². The van der Waals surface area contributed by atoms with Gasteiger partial charge in [-0.15, -0.1) is 0 Å². The Morgan fingerprint density at radius 1 is 1.35 bits per heavy atom. The lowest BCUT2D eigenvalue weighted by molar-refractivity contribution is 0.453. The number of aromatic nitrogens is 2. The number of aryl methyl sites for hydroxylation is 1. The Labute approximate surface area is 121 Å². The predicted molar refractivity (Wildman–Crippen MR) is 76.7 cm³/mol. The molecular weight excluding hydrogens is 281 g/mol. The van der Waals surface area contributed by atoms with Crippen LogP contribution in [0.15, 0.2) is 18.2 Å². The second-order valence-electron chi connectivity index (χ2n) is 4.38. The summed E-state index contributed by atoms with van der Waals surface area (Å²) in [5.74, 6) is 1.24. The second-order valence-corrected chi connectivity index (χ2v) is 4.79. The van der Waals surface area contributed by atoms with Crippen molar-refractivity contribution in [1.82, 2.24) is 9.97 Å². The maximum Gasteiger partial charge on any atom is 0.227 e. The standard InChI is InChI=1S/C14H15ClFN3O/c1-3-4-12-18-13(17)8(2)14(19-12)20-11-6-5-9(16)7-10(11)15/h5-7H,3-4H2,1-2H3,(H2,17,18,19). The molecule has 2 rings (SSSR count). The molecule has 0 saturated carbocycles. The van der Waals surface area contributed by atoms with Crippen LogP contribution in [0.2, 0.25) is 5.02 Å². The molecule has 6 heteroatoms. The van der Waals surface area contributed by atoms with E-state index in [1.54, 1.807) is 6.92 Å². The number of benzene rings is 1. The summed E-state index contributed by atoms with van der Waals surface area (Å²) in [5, 5.41) is 0.179. The maximum absolute atomic E-state index is 13.0. The van der Waals surface area contributed by atoms with Crippen molar-refractivity contribution < 1.29 is 9.13 Å². The molecule has 1 heterocycles. The number of rotatable bonds is 4. The summed E-state index contributed by atoms with van der Waals surface area (Å²) in [6.07, 6.45) is 1.61. The minimum Gasteiger partial charge on any atom is -0.437 e. The summed E-state index contributed by atoms with van der Waals surface area (Å²) in [6.45, 7) is 3.79. The summed E-state index contributed by atoms with van der Waals surface area (Å²) >= 11 is 5.93. The zero-order chi connectivity index (χ0) is 14.7. The smallest absolute Gasteiger partial charge is 0.227 e. The van der Waals surface area contributed by atoms with E-state index in [0.29, 0.717) is 35.3 Å². The minimum atomic E-state index is -0.423. The molecule has 4 nitrogen and oxygen atoms in total. The van der Waals surface area contributed by atoms with Gasteiger partial charge in [-0.05, 0) is 31.5 Å². The van der Waals surface area contributed by atoms with Gasteiger partial charge in [0.2, 0.25) is 5.88 Å². The molecule has 0 spiro atoms. The molecule has 2 N–H and O–H groups in total. The van der Waals surface area contributed by atoms with Crippen molar-refractivity contribution in [2.45, 2.75) is 26.7 Å². The summed E-state index contributed by atoms with van der Waals surface area (Å²) in [6, 6.07) is 3.91. The van der Waals surface area contributed by atoms with Crippen molar-refractivity contribution in [2.75, 3.05) is 5.73 Å². The molecule has 0 aliphatic heterocycles. The number of halogens is 2. The normalized spacial score (nSPS) is 10.6. The molecule has 0 amide bonds. The van der Waals surface area contributed by atoms with E-state index in [1.165, 1.54) is 18.2 Å². The van der Waals surface area contributed by atoms with Crippen LogP contribution >= 0.6 is 11.6 Å². The summed E-state index contributed by atoms with van der Waals surface area (Å²) in [7, 11) is 0. The van der Waals surface area contributed by atoms with Crippen LogP contribution in [0, 0.1) is 12.7 Å². The molecule has 0 bridgehead atoms. The van der Waals surface area contributed by atoms with Gasteiger partial charge < -0.3 is 10.5 Å². The highest BCUT2D eigenvalue weighted by molar-refractivity contribution is 6.32. The van der Waals surface area contributed by atoms with Gasteiger partial charge in [0, 0.05) is 6.42 Å². The van der Waals surface area contributed by atoms with E-state index < -0.39 is 5.82 Å². The Balaban J connectivity index is 2.37. The summed E-state index contributed by atoms with van der Waals surface area (Å²) < 4.78 is 18.6. The quantitative estimate of drug-likeness (QED) is 0.929. The molecule has 106 valence electrons. The Morgan fingerprint density at radius 3 is 2.75 bits per heavy atom. The van der Waals surface area contributed by atoms with Crippen LogP contribution in [0.4, 0.5) is 10.2 Å². The largest absolute Gasteiger partial charge is 0.437 e. The molecule has 1 aromatic carbocycles. The van der Waals surface area contributed by atoms with E-state index in [1.807, 2.05) is 6.92 Å². The molecule has 0 unspecified atom stereocenters. The van der Waals surface area contributed by atoms with Crippen LogP contribution in [-0.4, -0.2) is 9.97 Å². The van der Waals surface area contributed by atoms with Crippen molar-refractivity contribution >= 4 is 17.4 Å². The fraction of sp³-hybridized carbons (Fsp3) is 0.286.